The molecule has 1 saturated carbocycles. The highest BCUT2D eigenvalue weighted by Gasteiger charge is 2.46. The van der Waals surface area contributed by atoms with Gasteiger partial charge in [0.15, 0.2) is 0 Å². The third-order valence-corrected chi connectivity index (χ3v) is 3.49. The molecule has 0 heterocycles. The van der Waals surface area contributed by atoms with Crippen LogP contribution in [-0.4, -0.2) is 25.0 Å². The monoisotopic (exact) mass is 287 g/mol. The molecule has 0 spiro atoms. The summed E-state index contributed by atoms with van der Waals surface area (Å²) in [6.07, 6.45) is -10.1. The lowest BCUT2D eigenvalue weighted by atomic mass is 9.58. The predicted molar refractivity (Wildman–Crippen MR) is 83.9 cm³/mol. The van der Waals surface area contributed by atoms with Gasteiger partial charge in [-0.3, -0.25) is 0 Å². The maximum atomic E-state index is 8.68. The lowest BCUT2D eigenvalue weighted by Crippen LogP contribution is -2.52. The van der Waals surface area contributed by atoms with Crippen LogP contribution >= 0.6 is 11.6 Å². The van der Waals surface area contributed by atoms with Crippen LogP contribution in [0.3, 0.4) is 0 Å². The molecule has 1 nitrogen and oxygen atoms in total. The molecule has 0 amide bonds. The highest BCUT2D eigenvalue weighted by Crippen LogP contribution is 2.49. The standard InChI is InChI=1S/C17H26ClN/c1-13(2)12-16(19(3)4)17(10-5-11-17)14-6-8-15(18)9-7-14/h6-9,13,16H,5,10-12H2,1-4H3/i5D2,10D2,11D2,12D2. The summed E-state index contributed by atoms with van der Waals surface area (Å²) in [5.41, 5.74) is -1.88. The van der Waals surface area contributed by atoms with E-state index in [0.717, 1.165) is 0 Å². The molecular weight excluding hydrogens is 254 g/mol. The average molecular weight is 288 g/mol. The number of hydrogen-bond donors (Lipinski definition) is 0. The van der Waals surface area contributed by atoms with Gasteiger partial charge >= 0.3 is 0 Å². The van der Waals surface area contributed by atoms with Crippen molar-refractivity contribution in [1.29, 1.82) is 0 Å². The molecule has 1 aromatic carbocycles. The fourth-order valence-corrected chi connectivity index (χ4v) is 2.45. The fourth-order valence-electron chi connectivity index (χ4n) is 2.33. The lowest BCUT2D eigenvalue weighted by Gasteiger charge is -2.51. The van der Waals surface area contributed by atoms with Crippen molar-refractivity contribution < 1.29 is 11.0 Å². The Morgan fingerprint density at radius 2 is 1.89 bits per heavy atom. The molecule has 1 aliphatic rings. The summed E-state index contributed by atoms with van der Waals surface area (Å²) in [6, 6.07) is 4.67. The normalized spacial score (nSPS) is 34.5. The Kier molecular flexibility index (Phi) is 2.30. The lowest BCUT2D eigenvalue weighted by molar-refractivity contribution is 0.0808. The third kappa shape index (κ3) is 2.98. The minimum absolute atomic E-state index is 0.195. The number of nitrogens with zero attached hydrogens (tertiary/aromatic N) is 1. The first-order valence-electron chi connectivity index (χ1n) is 10.4. The summed E-state index contributed by atoms with van der Waals surface area (Å²) in [7, 11) is 3.14. The van der Waals surface area contributed by atoms with E-state index in [1.54, 1.807) is 27.9 Å². The minimum atomic E-state index is -2.79. The van der Waals surface area contributed by atoms with Crippen LogP contribution in [0.4, 0.5) is 0 Å². The van der Waals surface area contributed by atoms with Gasteiger partial charge in [0.1, 0.15) is 0 Å². The van der Waals surface area contributed by atoms with Gasteiger partial charge in [-0.25, -0.2) is 0 Å². The zero-order valence-corrected chi connectivity index (χ0v) is 12.5. The van der Waals surface area contributed by atoms with Crippen molar-refractivity contribution in [3.63, 3.8) is 0 Å². The maximum absolute atomic E-state index is 8.68. The van der Waals surface area contributed by atoms with E-state index < -0.39 is 42.9 Å². The highest BCUT2D eigenvalue weighted by molar-refractivity contribution is 6.30. The Morgan fingerprint density at radius 1 is 1.32 bits per heavy atom. The first-order chi connectivity index (χ1) is 12.0. The third-order valence-electron chi connectivity index (χ3n) is 3.24. The number of halogens is 1. The fraction of sp³-hybridized carbons (Fsp3) is 0.647. The van der Waals surface area contributed by atoms with Crippen molar-refractivity contribution in [2.45, 2.75) is 50.8 Å². The Balaban J connectivity index is 2.93. The molecule has 0 aromatic heterocycles. The summed E-state index contributed by atoms with van der Waals surface area (Å²) in [4.78, 5) is 1.47. The topological polar surface area (TPSA) is 3.24 Å². The van der Waals surface area contributed by atoms with Crippen LogP contribution in [0.1, 0.15) is 55.9 Å². The molecule has 1 aliphatic carbocycles. The molecule has 0 radical (unpaired) electrons. The molecule has 1 unspecified atom stereocenters. The van der Waals surface area contributed by atoms with Gasteiger partial charge in [0.05, 0.1) is 0 Å². The summed E-state index contributed by atoms with van der Waals surface area (Å²) >= 11 is 5.96. The summed E-state index contributed by atoms with van der Waals surface area (Å²) in [5.74, 6) is -0.549. The van der Waals surface area contributed by atoms with E-state index in [1.807, 2.05) is 0 Å². The molecule has 0 saturated heterocycles. The van der Waals surface area contributed by atoms with Crippen LogP contribution in [0.25, 0.3) is 0 Å². The van der Waals surface area contributed by atoms with Crippen molar-refractivity contribution in [3.8, 4) is 0 Å². The zero-order chi connectivity index (χ0) is 21.2. The van der Waals surface area contributed by atoms with E-state index in [1.165, 1.54) is 29.2 Å². The Bertz CT molecular complexity index is 681. The van der Waals surface area contributed by atoms with Gasteiger partial charge in [-0.2, -0.15) is 0 Å². The summed E-state index contributed by atoms with van der Waals surface area (Å²) < 4.78 is 68.0. The number of likely N-dealkylation sites (N-methyl/N-ethyl adjacent to an activating group) is 1. The Labute approximate surface area is 134 Å². The first-order valence-corrected chi connectivity index (χ1v) is 6.81. The van der Waals surface area contributed by atoms with E-state index in [0.29, 0.717) is 5.02 Å². The molecule has 1 aromatic rings. The second kappa shape index (κ2) is 5.85. The second-order valence-electron chi connectivity index (χ2n) is 5.38. The largest absolute Gasteiger partial charge is 0.306 e. The first kappa shape index (κ1) is 7.47. The summed E-state index contributed by atoms with van der Waals surface area (Å²) in [6.45, 7) is 3.31. The van der Waals surface area contributed by atoms with E-state index in [4.69, 9.17) is 22.6 Å². The van der Waals surface area contributed by atoms with Crippen LogP contribution in [-0.2, 0) is 5.41 Å². The average Bonchev–Trinajstić information content (AvgIpc) is 2.51. The number of hydrogen-bond acceptors (Lipinski definition) is 1. The van der Waals surface area contributed by atoms with E-state index >= 15 is 0 Å². The smallest absolute Gasteiger partial charge is 0.0406 e. The van der Waals surface area contributed by atoms with Crippen molar-refractivity contribution >= 4 is 11.6 Å². The Hall–Kier alpha value is -0.530. The van der Waals surface area contributed by atoms with Crippen molar-refractivity contribution in [2.24, 2.45) is 5.92 Å². The minimum Gasteiger partial charge on any atom is -0.306 e. The van der Waals surface area contributed by atoms with Gasteiger partial charge in [0.25, 0.3) is 0 Å². The van der Waals surface area contributed by atoms with Crippen LogP contribution in [0.2, 0.25) is 5.02 Å². The molecule has 19 heavy (non-hydrogen) atoms. The molecule has 0 bridgehead atoms. The number of rotatable bonds is 5. The van der Waals surface area contributed by atoms with E-state index in [-0.39, 0.29) is 5.56 Å². The maximum Gasteiger partial charge on any atom is 0.0406 e. The zero-order valence-electron chi connectivity index (χ0n) is 19.8. The molecule has 2 heteroatoms. The molecule has 0 N–H and O–H groups in total. The van der Waals surface area contributed by atoms with E-state index in [9.17, 15) is 0 Å². The van der Waals surface area contributed by atoms with Crippen LogP contribution < -0.4 is 0 Å². The van der Waals surface area contributed by atoms with Gasteiger partial charge < -0.3 is 4.90 Å². The molecule has 0 aliphatic heterocycles. The quantitative estimate of drug-likeness (QED) is 0.756. The van der Waals surface area contributed by atoms with Gasteiger partial charge in [-0.05, 0) is 56.8 Å². The van der Waals surface area contributed by atoms with Crippen molar-refractivity contribution in [1.82, 2.24) is 4.90 Å². The van der Waals surface area contributed by atoms with Gasteiger partial charge in [0, 0.05) is 27.4 Å². The van der Waals surface area contributed by atoms with Crippen LogP contribution in [0.15, 0.2) is 24.3 Å². The van der Waals surface area contributed by atoms with Crippen LogP contribution in [0, 0.1) is 5.92 Å². The van der Waals surface area contributed by atoms with E-state index in [2.05, 4.69) is 0 Å². The SMILES string of the molecule is [2H]C([2H])(C(C)C)C(N(C)C)C1(c2ccc(Cl)cc2)C([2H])([2H])C([2H])([2H])C1([2H])[2H]. The second-order valence-corrected chi connectivity index (χ2v) is 5.81. The molecule has 1 atom stereocenters. The van der Waals surface area contributed by atoms with Crippen molar-refractivity contribution in [2.75, 3.05) is 14.1 Å². The van der Waals surface area contributed by atoms with Crippen molar-refractivity contribution in [3.05, 3.63) is 34.9 Å². The van der Waals surface area contributed by atoms with Crippen LogP contribution in [0.5, 0.6) is 0 Å². The van der Waals surface area contributed by atoms with Gasteiger partial charge in [0.2, 0.25) is 0 Å². The summed E-state index contributed by atoms with van der Waals surface area (Å²) in [5, 5.41) is 0.380. The molecule has 2 rings (SSSR count). The highest BCUT2D eigenvalue weighted by atomic mass is 35.5. The van der Waals surface area contributed by atoms with Gasteiger partial charge in [-0.15, -0.1) is 0 Å². The number of benzene rings is 1. The predicted octanol–water partition coefficient (Wildman–Crippen LogP) is 4.74. The molecule has 1 fully saturated rings. The Morgan fingerprint density at radius 3 is 2.37 bits per heavy atom. The van der Waals surface area contributed by atoms with Gasteiger partial charge in [-0.1, -0.05) is 44.0 Å². The molecular formula is C17H26ClN. The molecule has 106 valence electrons.